The van der Waals surface area contributed by atoms with E-state index in [1.165, 1.54) is 110 Å². The second-order valence-corrected chi connectivity index (χ2v) is 13.2. The number of fused-ring (bicyclic) bond motifs is 4. The number of aryl methyl sites for hydroxylation is 4. The molecule has 0 bridgehead atoms. The molecule has 2 aliphatic heterocycles. The van der Waals surface area contributed by atoms with Crippen LogP contribution >= 0.6 is 0 Å². The molecule has 0 saturated heterocycles. The van der Waals surface area contributed by atoms with Crippen LogP contribution < -0.4 is 26.2 Å². The Balaban J connectivity index is 1.49. The average molecular weight is 559 g/mol. The zero-order valence-corrected chi connectivity index (χ0v) is 25.8. The molecule has 0 amide bonds. The maximum absolute atomic E-state index is 2.57. The monoisotopic (exact) mass is 558 g/mol. The summed E-state index contributed by atoms with van der Waals surface area (Å²) in [7, 11) is 0. The second kappa shape index (κ2) is 10.2. The minimum Gasteiger partial charge on any atom is -0.311 e. The number of hydrogen-bond donors (Lipinski definition) is 0. The molecule has 0 N–H and O–H groups in total. The Morgan fingerprint density at radius 3 is 1.49 bits per heavy atom. The summed E-state index contributed by atoms with van der Waals surface area (Å²) < 4.78 is 0. The van der Waals surface area contributed by atoms with E-state index < -0.39 is 0 Å². The largest absolute Gasteiger partial charge is 0.311 e. The van der Waals surface area contributed by atoms with Crippen LogP contribution in [0.4, 0.5) is 34.1 Å². The fourth-order valence-electron chi connectivity index (χ4n) is 7.99. The summed E-state index contributed by atoms with van der Waals surface area (Å²) in [5.41, 5.74) is 18.7. The molecule has 1 aliphatic carbocycles. The van der Waals surface area contributed by atoms with E-state index in [1.807, 2.05) is 0 Å². The SMILES string of the molecule is Cc1cccc(N2c3cc(C)ccc3B3c4ccc(C)cc4N(c4cccc(C)c4)c4cc(C5CCCCC5)cc2c43)c1. The van der Waals surface area contributed by atoms with Crippen molar-refractivity contribution >= 4 is 57.2 Å². The number of benzene rings is 5. The third-order valence-electron chi connectivity index (χ3n) is 10.0. The minimum atomic E-state index is 0.179. The number of nitrogens with zero attached hydrogens (tertiary/aromatic N) is 2. The molecule has 3 aliphatic rings. The average Bonchev–Trinajstić information content (AvgIpc) is 3.01. The van der Waals surface area contributed by atoms with Gasteiger partial charge in [0.2, 0.25) is 0 Å². The predicted octanol–water partition coefficient (Wildman–Crippen LogP) is 9.05. The smallest absolute Gasteiger partial charge is 0.252 e. The highest BCUT2D eigenvalue weighted by atomic mass is 15.2. The molecule has 2 nitrogen and oxygen atoms in total. The first-order valence-electron chi connectivity index (χ1n) is 16.1. The summed E-state index contributed by atoms with van der Waals surface area (Å²) in [5.74, 6) is 0.602. The third kappa shape index (κ3) is 4.32. The van der Waals surface area contributed by atoms with Crippen LogP contribution in [-0.2, 0) is 0 Å². The van der Waals surface area contributed by atoms with Gasteiger partial charge in [-0.05, 0) is 139 Å². The summed E-state index contributed by atoms with van der Waals surface area (Å²) in [4.78, 5) is 5.15. The highest BCUT2D eigenvalue weighted by Crippen LogP contribution is 2.47. The molecule has 8 rings (SSSR count). The van der Waals surface area contributed by atoms with E-state index in [1.54, 1.807) is 0 Å². The fraction of sp³-hybridized carbons (Fsp3) is 0.250. The molecule has 5 aromatic rings. The van der Waals surface area contributed by atoms with E-state index in [4.69, 9.17) is 0 Å². The van der Waals surface area contributed by atoms with Gasteiger partial charge in [0.1, 0.15) is 0 Å². The lowest BCUT2D eigenvalue weighted by Crippen LogP contribution is -2.61. The first-order valence-corrected chi connectivity index (χ1v) is 16.1. The molecule has 1 fully saturated rings. The Kier molecular flexibility index (Phi) is 6.26. The molecular weight excluding hydrogens is 519 g/mol. The van der Waals surface area contributed by atoms with Gasteiger partial charge >= 0.3 is 0 Å². The van der Waals surface area contributed by atoms with Gasteiger partial charge in [-0.2, -0.15) is 0 Å². The van der Waals surface area contributed by atoms with Gasteiger partial charge in [0.05, 0.1) is 0 Å². The Hall–Kier alpha value is -4.24. The molecule has 0 unspecified atom stereocenters. The zero-order valence-electron chi connectivity index (χ0n) is 25.8. The molecule has 5 aromatic carbocycles. The zero-order chi connectivity index (χ0) is 29.2. The van der Waals surface area contributed by atoms with E-state index in [2.05, 4.69) is 135 Å². The van der Waals surface area contributed by atoms with Crippen molar-refractivity contribution in [1.29, 1.82) is 0 Å². The van der Waals surface area contributed by atoms with Gasteiger partial charge in [0.15, 0.2) is 0 Å². The summed E-state index contributed by atoms with van der Waals surface area (Å²) >= 11 is 0. The number of rotatable bonds is 3. The van der Waals surface area contributed by atoms with Crippen molar-refractivity contribution in [3.63, 3.8) is 0 Å². The van der Waals surface area contributed by atoms with Gasteiger partial charge < -0.3 is 9.80 Å². The normalized spacial score (nSPS) is 15.7. The summed E-state index contributed by atoms with van der Waals surface area (Å²) in [6, 6.07) is 37.5. The van der Waals surface area contributed by atoms with Gasteiger partial charge in [-0.25, -0.2) is 0 Å². The molecule has 1 saturated carbocycles. The van der Waals surface area contributed by atoms with Crippen LogP contribution in [0, 0.1) is 27.7 Å². The Labute approximate surface area is 257 Å². The van der Waals surface area contributed by atoms with Crippen LogP contribution in [0.5, 0.6) is 0 Å². The van der Waals surface area contributed by atoms with Gasteiger partial charge in [-0.1, -0.05) is 67.8 Å². The van der Waals surface area contributed by atoms with E-state index in [0.29, 0.717) is 5.92 Å². The van der Waals surface area contributed by atoms with Crippen LogP contribution in [-0.4, -0.2) is 6.71 Å². The third-order valence-corrected chi connectivity index (χ3v) is 10.0. The molecule has 2 heterocycles. The summed E-state index contributed by atoms with van der Waals surface area (Å²) in [5, 5.41) is 0. The molecule has 3 heteroatoms. The second-order valence-electron chi connectivity index (χ2n) is 13.2. The topological polar surface area (TPSA) is 6.48 Å². The van der Waals surface area contributed by atoms with Crippen LogP contribution in [0.25, 0.3) is 0 Å². The fourth-order valence-corrected chi connectivity index (χ4v) is 7.99. The molecule has 0 spiro atoms. The maximum atomic E-state index is 2.57. The quantitative estimate of drug-likeness (QED) is 0.200. The summed E-state index contributed by atoms with van der Waals surface area (Å²) in [6.45, 7) is 9.05. The van der Waals surface area contributed by atoms with Crippen LogP contribution in [0.2, 0.25) is 0 Å². The minimum absolute atomic E-state index is 0.179. The van der Waals surface area contributed by atoms with Gasteiger partial charge in [-0.3, -0.25) is 0 Å². The van der Waals surface area contributed by atoms with Crippen molar-refractivity contribution < 1.29 is 0 Å². The molecule has 0 atom stereocenters. The molecule has 0 aromatic heterocycles. The molecule has 0 radical (unpaired) electrons. The van der Waals surface area contributed by atoms with E-state index in [0.717, 1.165) is 0 Å². The van der Waals surface area contributed by atoms with Crippen molar-refractivity contribution in [2.24, 2.45) is 0 Å². The van der Waals surface area contributed by atoms with Crippen molar-refractivity contribution in [3.05, 3.63) is 125 Å². The summed E-state index contributed by atoms with van der Waals surface area (Å²) in [6.07, 6.45) is 6.57. The molecule has 212 valence electrons. The highest BCUT2D eigenvalue weighted by Gasteiger charge is 2.43. The Bertz CT molecular complexity index is 1760. The van der Waals surface area contributed by atoms with Crippen LogP contribution in [0.1, 0.15) is 65.8 Å². The van der Waals surface area contributed by atoms with E-state index >= 15 is 0 Å². The standard InChI is InChI=1S/C40H39BN2/c1-26-10-8-14-32(20-26)42-36-22-28(3)16-18-34(36)41-35-19-17-29(4)23-37(35)43(33-15-9-11-27(2)21-33)39-25-31(24-38(42)40(39)41)30-12-6-5-7-13-30/h8-11,14-25,30H,5-7,12-13H2,1-4H3. The van der Waals surface area contributed by atoms with Crippen molar-refractivity contribution in [2.75, 3.05) is 9.80 Å². The van der Waals surface area contributed by atoms with Crippen molar-refractivity contribution in [3.8, 4) is 0 Å². The van der Waals surface area contributed by atoms with Gasteiger partial charge in [0.25, 0.3) is 6.71 Å². The number of anilines is 6. The number of hydrogen-bond acceptors (Lipinski definition) is 2. The van der Waals surface area contributed by atoms with E-state index in [-0.39, 0.29) is 6.71 Å². The lowest BCUT2D eigenvalue weighted by molar-refractivity contribution is 0.444. The lowest BCUT2D eigenvalue weighted by atomic mass is 9.33. The first-order chi connectivity index (χ1) is 21.0. The van der Waals surface area contributed by atoms with Gasteiger partial charge in [0, 0.05) is 34.1 Å². The molecular formula is C40H39BN2. The first kappa shape index (κ1) is 26.4. The molecule has 43 heavy (non-hydrogen) atoms. The van der Waals surface area contributed by atoms with Crippen molar-refractivity contribution in [2.45, 2.75) is 65.7 Å². The van der Waals surface area contributed by atoms with Crippen molar-refractivity contribution in [1.82, 2.24) is 0 Å². The van der Waals surface area contributed by atoms with E-state index in [9.17, 15) is 0 Å². The highest BCUT2D eigenvalue weighted by molar-refractivity contribution is 7.00. The van der Waals surface area contributed by atoms with Crippen LogP contribution in [0.15, 0.2) is 97.1 Å². The van der Waals surface area contributed by atoms with Gasteiger partial charge in [-0.15, -0.1) is 0 Å². The Morgan fingerprint density at radius 2 is 1.00 bits per heavy atom. The Morgan fingerprint density at radius 1 is 0.512 bits per heavy atom. The predicted molar refractivity (Wildman–Crippen MR) is 185 cm³/mol. The lowest BCUT2D eigenvalue weighted by Gasteiger charge is -2.45. The van der Waals surface area contributed by atoms with Crippen LogP contribution in [0.3, 0.4) is 0 Å². The maximum Gasteiger partial charge on any atom is 0.252 e.